The van der Waals surface area contributed by atoms with Gasteiger partial charge in [0.25, 0.3) is 0 Å². The minimum absolute atomic E-state index is 0.195. The van der Waals surface area contributed by atoms with Crippen LogP contribution in [0.25, 0.3) is 0 Å². The van der Waals surface area contributed by atoms with Crippen LogP contribution in [0.5, 0.6) is 0 Å². The molecule has 1 saturated carbocycles. The van der Waals surface area contributed by atoms with E-state index in [1.165, 1.54) is 0 Å². The van der Waals surface area contributed by atoms with Gasteiger partial charge in [0.05, 0.1) is 18.9 Å². The molecule has 1 fully saturated rings. The highest BCUT2D eigenvalue weighted by molar-refractivity contribution is 5.08. The third-order valence-corrected chi connectivity index (χ3v) is 3.87. The Morgan fingerprint density at radius 2 is 2.25 bits per heavy atom. The number of hydrogen-bond acceptors (Lipinski definition) is 3. The average Bonchev–Trinajstić information content (AvgIpc) is 2.70. The van der Waals surface area contributed by atoms with Crippen LogP contribution < -0.4 is 5.32 Å². The first-order chi connectivity index (χ1) is 7.57. The number of methoxy groups -OCH3 is 1. The van der Waals surface area contributed by atoms with Crippen molar-refractivity contribution in [3.8, 4) is 0 Å². The minimum Gasteiger partial charge on any atom is -0.468 e. The summed E-state index contributed by atoms with van der Waals surface area (Å²) in [5, 5.41) is 3.55. The van der Waals surface area contributed by atoms with Crippen LogP contribution in [0, 0.1) is 11.3 Å². The van der Waals surface area contributed by atoms with Gasteiger partial charge in [0.2, 0.25) is 0 Å². The molecule has 0 aromatic carbocycles. The maximum absolute atomic E-state index is 5.52. The summed E-state index contributed by atoms with van der Waals surface area (Å²) in [4.78, 5) is 0. The number of ether oxygens (including phenoxy) is 1. The fourth-order valence-electron chi connectivity index (χ4n) is 3.18. The minimum atomic E-state index is 0.195. The van der Waals surface area contributed by atoms with Crippen molar-refractivity contribution in [2.45, 2.75) is 39.5 Å². The molecule has 2 rings (SSSR count). The van der Waals surface area contributed by atoms with Crippen LogP contribution in [0.4, 0.5) is 0 Å². The zero-order valence-electron chi connectivity index (χ0n) is 10.5. The lowest BCUT2D eigenvalue weighted by atomic mass is 9.58. The van der Waals surface area contributed by atoms with Crippen molar-refractivity contribution in [3.05, 3.63) is 24.2 Å². The van der Waals surface area contributed by atoms with Crippen LogP contribution >= 0.6 is 0 Å². The Morgan fingerprint density at radius 1 is 1.50 bits per heavy atom. The Labute approximate surface area is 97.2 Å². The molecular weight excluding hydrogens is 202 g/mol. The molecule has 1 N–H and O–H groups in total. The number of rotatable bonds is 4. The van der Waals surface area contributed by atoms with E-state index in [1.54, 1.807) is 13.4 Å². The van der Waals surface area contributed by atoms with E-state index < -0.39 is 0 Å². The Balaban J connectivity index is 1.91. The molecule has 16 heavy (non-hydrogen) atoms. The summed E-state index contributed by atoms with van der Waals surface area (Å²) in [5.41, 5.74) is 0.195. The smallest absolute Gasteiger partial charge is 0.117 e. The van der Waals surface area contributed by atoms with Crippen LogP contribution in [-0.2, 0) is 11.3 Å². The Kier molecular flexibility index (Phi) is 3.08. The van der Waals surface area contributed by atoms with E-state index in [1.807, 2.05) is 12.1 Å². The standard InChI is InChI=1S/C13H21NO2/c1-9-11(13(2,3)12(9)15-4)14-8-10-6-5-7-16-10/h5-7,9,11-12,14H,8H2,1-4H3/t9-,11-,12+/m0/s1. The molecule has 1 aromatic rings. The largest absolute Gasteiger partial charge is 0.468 e. The maximum Gasteiger partial charge on any atom is 0.117 e. The van der Waals surface area contributed by atoms with Gasteiger partial charge in [-0.3, -0.25) is 0 Å². The molecule has 0 radical (unpaired) electrons. The molecule has 0 bridgehead atoms. The predicted octanol–water partition coefficient (Wildman–Crippen LogP) is 2.43. The third kappa shape index (κ3) is 1.78. The van der Waals surface area contributed by atoms with E-state index in [4.69, 9.17) is 9.15 Å². The molecule has 0 unspecified atom stereocenters. The van der Waals surface area contributed by atoms with Gasteiger partial charge in [0, 0.05) is 18.6 Å². The van der Waals surface area contributed by atoms with E-state index in [2.05, 4.69) is 26.1 Å². The van der Waals surface area contributed by atoms with E-state index in [0.717, 1.165) is 12.3 Å². The van der Waals surface area contributed by atoms with Gasteiger partial charge in [0.1, 0.15) is 5.76 Å². The first kappa shape index (κ1) is 11.7. The predicted molar refractivity (Wildman–Crippen MR) is 63.1 cm³/mol. The van der Waals surface area contributed by atoms with Gasteiger partial charge in [-0.2, -0.15) is 0 Å². The van der Waals surface area contributed by atoms with Gasteiger partial charge in [-0.25, -0.2) is 0 Å². The maximum atomic E-state index is 5.52. The number of furan rings is 1. The van der Waals surface area contributed by atoms with Crippen molar-refractivity contribution < 1.29 is 9.15 Å². The molecule has 90 valence electrons. The van der Waals surface area contributed by atoms with Crippen LogP contribution in [-0.4, -0.2) is 19.3 Å². The third-order valence-electron chi connectivity index (χ3n) is 3.87. The summed E-state index contributed by atoms with van der Waals surface area (Å²) in [5.74, 6) is 1.54. The van der Waals surface area contributed by atoms with Crippen LogP contribution in [0.3, 0.4) is 0 Å². The lowest BCUT2D eigenvalue weighted by molar-refractivity contribution is -0.145. The second-order valence-corrected chi connectivity index (χ2v) is 5.27. The number of hydrogen-bond donors (Lipinski definition) is 1. The summed E-state index contributed by atoms with van der Waals surface area (Å²) in [6.45, 7) is 7.53. The second-order valence-electron chi connectivity index (χ2n) is 5.27. The van der Waals surface area contributed by atoms with E-state index in [9.17, 15) is 0 Å². The van der Waals surface area contributed by atoms with Gasteiger partial charge >= 0.3 is 0 Å². The Hall–Kier alpha value is -0.800. The van der Waals surface area contributed by atoms with Crippen LogP contribution in [0.2, 0.25) is 0 Å². The molecule has 3 atom stereocenters. The molecular formula is C13H21NO2. The molecule has 1 heterocycles. The van der Waals surface area contributed by atoms with E-state index in [-0.39, 0.29) is 5.41 Å². The molecule has 0 aliphatic heterocycles. The molecule has 0 amide bonds. The quantitative estimate of drug-likeness (QED) is 0.851. The fraction of sp³-hybridized carbons (Fsp3) is 0.692. The summed E-state index contributed by atoms with van der Waals surface area (Å²) in [6, 6.07) is 4.41. The van der Waals surface area contributed by atoms with Gasteiger partial charge in [-0.1, -0.05) is 20.8 Å². The zero-order valence-corrected chi connectivity index (χ0v) is 10.5. The molecule has 1 aliphatic rings. The van der Waals surface area contributed by atoms with Crippen LogP contribution in [0.1, 0.15) is 26.5 Å². The van der Waals surface area contributed by atoms with Gasteiger partial charge in [0.15, 0.2) is 0 Å². The molecule has 1 aliphatic carbocycles. The second kappa shape index (κ2) is 4.22. The van der Waals surface area contributed by atoms with E-state index in [0.29, 0.717) is 18.1 Å². The highest BCUT2D eigenvalue weighted by atomic mass is 16.5. The molecule has 0 spiro atoms. The Morgan fingerprint density at radius 3 is 2.75 bits per heavy atom. The molecule has 3 nitrogen and oxygen atoms in total. The summed E-state index contributed by atoms with van der Waals surface area (Å²) < 4.78 is 10.8. The first-order valence-electron chi connectivity index (χ1n) is 5.86. The van der Waals surface area contributed by atoms with Gasteiger partial charge in [-0.05, 0) is 18.1 Å². The summed E-state index contributed by atoms with van der Waals surface area (Å²) in [6.07, 6.45) is 2.06. The van der Waals surface area contributed by atoms with E-state index >= 15 is 0 Å². The van der Waals surface area contributed by atoms with Crippen molar-refractivity contribution in [1.29, 1.82) is 0 Å². The molecule has 3 heteroatoms. The Bertz CT molecular complexity index is 332. The highest BCUT2D eigenvalue weighted by Gasteiger charge is 2.54. The van der Waals surface area contributed by atoms with Crippen molar-refractivity contribution in [3.63, 3.8) is 0 Å². The van der Waals surface area contributed by atoms with Crippen molar-refractivity contribution in [1.82, 2.24) is 5.32 Å². The normalized spacial score (nSPS) is 32.4. The van der Waals surface area contributed by atoms with Crippen LogP contribution in [0.15, 0.2) is 22.8 Å². The van der Waals surface area contributed by atoms with Gasteiger partial charge < -0.3 is 14.5 Å². The average molecular weight is 223 g/mol. The van der Waals surface area contributed by atoms with Crippen molar-refractivity contribution >= 4 is 0 Å². The number of nitrogens with one attached hydrogen (secondary N) is 1. The lowest BCUT2D eigenvalue weighted by Gasteiger charge is -2.56. The summed E-state index contributed by atoms with van der Waals surface area (Å²) in [7, 11) is 1.80. The van der Waals surface area contributed by atoms with Crippen molar-refractivity contribution in [2.24, 2.45) is 11.3 Å². The summed E-state index contributed by atoms with van der Waals surface area (Å²) >= 11 is 0. The highest BCUT2D eigenvalue weighted by Crippen LogP contribution is 2.46. The zero-order chi connectivity index (χ0) is 11.8. The fourth-order valence-corrected chi connectivity index (χ4v) is 3.18. The first-order valence-corrected chi connectivity index (χ1v) is 5.86. The molecule has 1 aromatic heterocycles. The SMILES string of the molecule is CO[C@@H]1[C@@H](C)[C@H](NCc2ccco2)C1(C)C. The molecule has 0 saturated heterocycles. The monoisotopic (exact) mass is 223 g/mol. The topological polar surface area (TPSA) is 34.4 Å². The van der Waals surface area contributed by atoms with Crippen molar-refractivity contribution in [2.75, 3.05) is 7.11 Å². The lowest BCUT2D eigenvalue weighted by Crippen LogP contribution is -2.66. The van der Waals surface area contributed by atoms with Gasteiger partial charge in [-0.15, -0.1) is 0 Å².